The minimum absolute atomic E-state index is 0.00492. The first-order valence-corrected chi connectivity index (χ1v) is 11.6. The first kappa shape index (κ1) is 21.0. The third-order valence-corrected chi connectivity index (χ3v) is 6.46. The van der Waals surface area contributed by atoms with Gasteiger partial charge in [-0.3, -0.25) is 14.2 Å². The zero-order valence-corrected chi connectivity index (χ0v) is 18.1. The second-order valence-electron chi connectivity index (χ2n) is 6.73. The maximum absolute atomic E-state index is 13.2. The van der Waals surface area contributed by atoms with Crippen molar-refractivity contribution in [2.75, 3.05) is 0 Å². The number of fused-ring (bicyclic) bond motifs is 1. The number of hydrogen-bond acceptors (Lipinski definition) is 6. The van der Waals surface area contributed by atoms with Crippen LogP contribution in [0.25, 0.3) is 5.65 Å². The Hall–Kier alpha value is -3.27. The standard InChI is InChI=1S/C22H18N4O3S2/c1-15-6-5-13-26-20(15)25-21(30-17-7-3-2-4-8-17)19(22(26)27)14-24-16-9-11-18(12-10-16)31(23,28)29/h2-14H,1H3,(H2,23,28,29). The average molecular weight is 451 g/mol. The van der Waals surface area contributed by atoms with Crippen LogP contribution in [0.15, 0.2) is 97.5 Å². The van der Waals surface area contributed by atoms with Crippen molar-refractivity contribution >= 4 is 39.3 Å². The van der Waals surface area contributed by atoms with Gasteiger partial charge < -0.3 is 0 Å². The van der Waals surface area contributed by atoms with Crippen molar-refractivity contribution in [2.24, 2.45) is 10.1 Å². The van der Waals surface area contributed by atoms with Gasteiger partial charge >= 0.3 is 0 Å². The monoisotopic (exact) mass is 450 g/mol. The van der Waals surface area contributed by atoms with E-state index in [1.807, 2.05) is 43.3 Å². The lowest BCUT2D eigenvalue weighted by Gasteiger charge is -2.09. The summed E-state index contributed by atoms with van der Waals surface area (Å²) in [5.74, 6) is 0. The summed E-state index contributed by atoms with van der Waals surface area (Å²) >= 11 is 1.38. The third-order valence-electron chi connectivity index (χ3n) is 4.52. The average Bonchev–Trinajstić information content (AvgIpc) is 2.75. The number of pyridine rings is 1. The minimum Gasteiger partial charge on any atom is -0.268 e. The fourth-order valence-corrected chi connectivity index (χ4v) is 4.36. The third kappa shape index (κ3) is 4.58. The molecule has 0 amide bonds. The van der Waals surface area contributed by atoms with Gasteiger partial charge in [0.05, 0.1) is 16.1 Å². The number of primary sulfonamides is 1. The summed E-state index contributed by atoms with van der Waals surface area (Å²) in [5, 5.41) is 5.67. The lowest BCUT2D eigenvalue weighted by Crippen LogP contribution is -2.21. The van der Waals surface area contributed by atoms with Gasteiger partial charge in [-0.2, -0.15) is 0 Å². The van der Waals surface area contributed by atoms with E-state index in [-0.39, 0.29) is 10.5 Å². The number of sulfonamides is 1. The van der Waals surface area contributed by atoms with Gasteiger partial charge in [0.2, 0.25) is 10.0 Å². The maximum atomic E-state index is 13.2. The Balaban J connectivity index is 1.81. The number of aryl methyl sites for hydroxylation is 1. The fraction of sp³-hybridized carbons (Fsp3) is 0.0455. The SMILES string of the molecule is Cc1cccn2c(=O)c(C=Nc3ccc(S(N)(=O)=O)cc3)c(Sc3ccccc3)nc12. The summed E-state index contributed by atoms with van der Waals surface area (Å²) in [7, 11) is -3.78. The van der Waals surface area contributed by atoms with Gasteiger partial charge in [0.25, 0.3) is 5.56 Å². The highest BCUT2D eigenvalue weighted by molar-refractivity contribution is 7.99. The first-order valence-electron chi connectivity index (χ1n) is 9.25. The molecule has 0 radical (unpaired) electrons. The Labute approximate surface area is 183 Å². The van der Waals surface area contributed by atoms with Crippen LogP contribution in [0.3, 0.4) is 0 Å². The van der Waals surface area contributed by atoms with E-state index in [4.69, 9.17) is 10.1 Å². The molecule has 4 aromatic rings. The molecule has 2 aromatic heterocycles. The van der Waals surface area contributed by atoms with E-state index in [1.54, 1.807) is 12.3 Å². The van der Waals surface area contributed by atoms with Crippen LogP contribution in [-0.2, 0) is 10.0 Å². The molecule has 0 aliphatic heterocycles. The predicted octanol–water partition coefficient (Wildman–Crippen LogP) is 3.55. The van der Waals surface area contributed by atoms with Crippen LogP contribution in [-0.4, -0.2) is 24.0 Å². The van der Waals surface area contributed by atoms with Crippen LogP contribution in [0, 0.1) is 6.92 Å². The summed E-state index contributed by atoms with van der Waals surface area (Å²) in [5.41, 5.74) is 2.05. The summed E-state index contributed by atoms with van der Waals surface area (Å²) < 4.78 is 24.3. The van der Waals surface area contributed by atoms with E-state index >= 15 is 0 Å². The van der Waals surface area contributed by atoms with E-state index < -0.39 is 10.0 Å². The molecule has 2 heterocycles. The molecular formula is C22H18N4O3S2. The van der Waals surface area contributed by atoms with Gasteiger partial charge in [-0.1, -0.05) is 36.0 Å². The van der Waals surface area contributed by atoms with Gasteiger partial charge in [0, 0.05) is 17.3 Å². The van der Waals surface area contributed by atoms with Crippen LogP contribution in [0.2, 0.25) is 0 Å². The summed E-state index contributed by atoms with van der Waals surface area (Å²) in [6.07, 6.45) is 3.13. The van der Waals surface area contributed by atoms with Gasteiger partial charge in [-0.15, -0.1) is 0 Å². The van der Waals surface area contributed by atoms with Crippen molar-refractivity contribution < 1.29 is 8.42 Å². The second kappa shape index (κ2) is 8.46. The molecule has 156 valence electrons. The topological polar surface area (TPSA) is 107 Å². The van der Waals surface area contributed by atoms with Crippen LogP contribution >= 0.6 is 11.8 Å². The van der Waals surface area contributed by atoms with Gasteiger partial charge in [-0.05, 0) is 55.0 Å². The number of nitrogens with two attached hydrogens (primary N) is 1. The Morgan fingerprint density at radius 1 is 1.03 bits per heavy atom. The largest absolute Gasteiger partial charge is 0.268 e. The Bertz CT molecular complexity index is 1450. The number of rotatable bonds is 5. The molecular weight excluding hydrogens is 432 g/mol. The summed E-state index contributed by atoms with van der Waals surface area (Å²) in [6, 6.07) is 19.1. The number of hydrogen-bond donors (Lipinski definition) is 1. The molecule has 0 fully saturated rings. The van der Waals surface area contributed by atoms with Crippen molar-refractivity contribution in [2.45, 2.75) is 21.7 Å². The zero-order chi connectivity index (χ0) is 22.0. The van der Waals surface area contributed by atoms with Crippen molar-refractivity contribution in [3.63, 3.8) is 0 Å². The molecule has 0 aliphatic carbocycles. The molecule has 2 aromatic carbocycles. The lowest BCUT2D eigenvalue weighted by molar-refractivity contribution is 0.598. The molecule has 0 spiro atoms. The highest BCUT2D eigenvalue weighted by atomic mass is 32.2. The smallest absolute Gasteiger partial charge is 0.267 e. The molecule has 0 aliphatic rings. The lowest BCUT2D eigenvalue weighted by atomic mass is 10.2. The second-order valence-corrected chi connectivity index (χ2v) is 9.36. The highest BCUT2D eigenvalue weighted by Gasteiger charge is 2.14. The van der Waals surface area contributed by atoms with E-state index in [2.05, 4.69) is 4.99 Å². The molecule has 4 rings (SSSR count). The van der Waals surface area contributed by atoms with Gasteiger partial charge in [0.1, 0.15) is 10.7 Å². The quantitative estimate of drug-likeness (QED) is 0.370. The van der Waals surface area contributed by atoms with Crippen LogP contribution in [0.1, 0.15) is 11.1 Å². The van der Waals surface area contributed by atoms with E-state index in [9.17, 15) is 13.2 Å². The highest BCUT2D eigenvalue weighted by Crippen LogP contribution is 2.28. The van der Waals surface area contributed by atoms with Crippen molar-refractivity contribution in [1.29, 1.82) is 0 Å². The van der Waals surface area contributed by atoms with Gasteiger partial charge in [-0.25, -0.2) is 18.5 Å². The number of aromatic nitrogens is 2. The number of aliphatic imine (C=N–C) groups is 1. The normalized spacial score (nSPS) is 11.9. The maximum Gasteiger partial charge on any atom is 0.267 e. The number of benzene rings is 2. The van der Waals surface area contributed by atoms with E-state index in [0.29, 0.717) is 21.9 Å². The molecule has 9 heteroatoms. The zero-order valence-electron chi connectivity index (χ0n) is 16.5. The fourth-order valence-electron chi connectivity index (χ4n) is 2.94. The molecule has 2 N–H and O–H groups in total. The van der Waals surface area contributed by atoms with Crippen LogP contribution < -0.4 is 10.7 Å². The van der Waals surface area contributed by atoms with Crippen molar-refractivity contribution in [3.8, 4) is 0 Å². The molecule has 0 atom stereocenters. The van der Waals surface area contributed by atoms with Crippen molar-refractivity contribution in [1.82, 2.24) is 9.38 Å². The minimum atomic E-state index is -3.78. The molecule has 0 bridgehead atoms. The first-order chi connectivity index (χ1) is 14.8. The summed E-state index contributed by atoms with van der Waals surface area (Å²) in [6.45, 7) is 1.90. The molecule has 31 heavy (non-hydrogen) atoms. The molecule has 0 saturated heterocycles. The Morgan fingerprint density at radius 2 is 1.74 bits per heavy atom. The Kier molecular flexibility index (Phi) is 5.73. The summed E-state index contributed by atoms with van der Waals surface area (Å²) in [4.78, 5) is 23.3. The van der Waals surface area contributed by atoms with Crippen LogP contribution in [0.4, 0.5) is 5.69 Å². The van der Waals surface area contributed by atoms with Gasteiger partial charge in [0.15, 0.2) is 0 Å². The van der Waals surface area contributed by atoms with E-state index in [0.717, 1.165) is 10.5 Å². The molecule has 0 unspecified atom stereocenters. The predicted molar refractivity (Wildman–Crippen MR) is 122 cm³/mol. The number of nitrogens with zero attached hydrogens (tertiary/aromatic N) is 3. The van der Waals surface area contributed by atoms with Crippen molar-refractivity contribution in [3.05, 3.63) is 94.4 Å². The molecule has 0 saturated carbocycles. The Morgan fingerprint density at radius 3 is 2.42 bits per heavy atom. The van der Waals surface area contributed by atoms with E-state index in [1.165, 1.54) is 46.6 Å². The van der Waals surface area contributed by atoms with Crippen LogP contribution in [0.5, 0.6) is 0 Å². The molecule has 7 nitrogen and oxygen atoms in total.